The third kappa shape index (κ3) is 3.46. The molecule has 0 aliphatic heterocycles. The molecule has 0 spiro atoms. The predicted octanol–water partition coefficient (Wildman–Crippen LogP) is 2.79. The fourth-order valence-corrected chi connectivity index (χ4v) is 2.77. The lowest BCUT2D eigenvalue weighted by atomic mass is 9.76. The fourth-order valence-electron chi connectivity index (χ4n) is 2.77. The van der Waals surface area contributed by atoms with Crippen LogP contribution in [0, 0.1) is 5.82 Å². The minimum absolute atomic E-state index is 0.187. The molecule has 21 heavy (non-hydrogen) atoms. The third-order valence-corrected chi connectivity index (χ3v) is 4.17. The number of hydrogen-bond acceptors (Lipinski definition) is 3. The number of aromatic nitrogens is 1. The van der Waals surface area contributed by atoms with Gasteiger partial charge in [0, 0.05) is 25.0 Å². The van der Waals surface area contributed by atoms with E-state index < -0.39 is 6.10 Å². The van der Waals surface area contributed by atoms with Gasteiger partial charge in [0.25, 0.3) is 0 Å². The van der Waals surface area contributed by atoms with Gasteiger partial charge in [0.1, 0.15) is 5.82 Å². The van der Waals surface area contributed by atoms with E-state index in [0.29, 0.717) is 18.5 Å². The van der Waals surface area contributed by atoms with Gasteiger partial charge in [-0.2, -0.15) is 0 Å². The molecule has 4 heteroatoms. The van der Waals surface area contributed by atoms with E-state index in [0.717, 1.165) is 18.4 Å². The Bertz CT molecular complexity index is 567. The van der Waals surface area contributed by atoms with Crippen molar-refractivity contribution >= 4 is 0 Å². The molecule has 1 atom stereocenters. The number of aliphatic hydroxyl groups excluding tert-OH is 1. The molecular weight excluding hydrogens is 267 g/mol. The van der Waals surface area contributed by atoms with E-state index in [1.54, 1.807) is 12.4 Å². The Morgan fingerprint density at radius 2 is 1.81 bits per heavy atom. The summed E-state index contributed by atoms with van der Waals surface area (Å²) in [5.41, 5.74) is 2.08. The minimum Gasteiger partial charge on any atom is -0.387 e. The number of halogens is 1. The van der Waals surface area contributed by atoms with E-state index in [4.69, 9.17) is 0 Å². The summed E-state index contributed by atoms with van der Waals surface area (Å²) in [5, 5.41) is 13.5. The van der Waals surface area contributed by atoms with Gasteiger partial charge in [-0.3, -0.25) is 4.98 Å². The van der Waals surface area contributed by atoms with E-state index in [1.165, 1.54) is 17.7 Å². The molecule has 3 nitrogen and oxygen atoms in total. The van der Waals surface area contributed by atoms with Crippen LogP contribution in [-0.4, -0.2) is 22.7 Å². The average molecular weight is 286 g/mol. The van der Waals surface area contributed by atoms with Crippen LogP contribution in [0.25, 0.3) is 0 Å². The van der Waals surface area contributed by atoms with Crippen LogP contribution in [0.3, 0.4) is 0 Å². The van der Waals surface area contributed by atoms with Crippen LogP contribution in [0.5, 0.6) is 0 Å². The molecule has 1 aliphatic carbocycles. The molecule has 1 saturated carbocycles. The summed E-state index contributed by atoms with van der Waals surface area (Å²) in [6, 6.07) is 10.8. The normalized spacial score (nSPS) is 22.6. The molecule has 1 aliphatic rings. The van der Waals surface area contributed by atoms with Gasteiger partial charge in [-0.15, -0.1) is 0 Å². The monoisotopic (exact) mass is 286 g/mol. The van der Waals surface area contributed by atoms with Crippen molar-refractivity contribution < 1.29 is 9.50 Å². The highest BCUT2D eigenvalue weighted by molar-refractivity contribution is 5.23. The standard InChI is InChI=1S/C17H19FN2O/c18-15-3-1-12(2-4-15)14-9-16(10-14)20-11-17(21)13-5-7-19-8-6-13/h1-8,14,16-17,20-21H,9-11H2. The summed E-state index contributed by atoms with van der Waals surface area (Å²) in [4.78, 5) is 3.94. The minimum atomic E-state index is -0.502. The van der Waals surface area contributed by atoms with Gasteiger partial charge in [0.05, 0.1) is 6.10 Å². The van der Waals surface area contributed by atoms with Gasteiger partial charge in [-0.05, 0) is 54.2 Å². The fraction of sp³-hybridized carbons (Fsp3) is 0.353. The van der Waals surface area contributed by atoms with Crippen molar-refractivity contribution in [2.24, 2.45) is 0 Å². The number of rotatable bonds is 5. The number of nitrogens with one attached hydrogen (secondary N) is 1. The smallest absolute Gasteiger partial charge is 0.123 e. The van der Waals surface area contributed by atoms with Crippen LogP contribution in [0.1, 0.15) is 36.0 Å². The quantitative estimate of drug-likeness (QED) is 0.888. The highest BCUT2D eigenvalue weighted by atomic mass is 19.1. The topological polar surface area (TPSA) is 45.1 Å². The molecule has 1 aromatic heterocycles. The van der Waals surface area contributed by atoms with Crippen molar-refractivity contribution in [3.8, 4) is 0 Å². The molecule has 0 radical (unpaired) electrons. The lowest BCUT2D eigenvalue weighted by molar-refractivity contribution is 0.157. The lowest BCUT2D eigenvalue weighted by Crippen LogP contribution is -2.41. The van der Waals surface area contributed by atoms with Gasteiger partial charge in [-0.1, -0.05) is 12.1 Å². The summed E-state index contributed by atoms with van der Waals surface area (Å²) in [6.07, 6.45) is 4.94. The number of hydrogen-bond donors (Lipinski definition) is 2. The molecule has 2 aromatic rings. The van der Waals surface area contributed by atoms with Crippen molar-refractivity contribution in [2.45, 2.75) is 30.9 Å². The van der Waals surface area contributed by atoms with Crippen LogP contribution in [-0.2, 0) is 0 Å². The van der Waals surface area contributed by atoms with Crippen LogP contribution >= 0.6 is 0 Å². The highest BCUT2D eigenvalue weighted by Crippen LogP contribution is 2.36. The summed E-state index contributed by atoms with van der Waals surface area (Å²) < 4.78 is 12.9. The Hall–Kier alpha value is -1.78. The van der Waals surface area contributed by atoms with E-state index in [1.807, 2.05) is 24.3 Å². The predicted molar refractivity (Wildman–Crippen MR) is 79.4 cm³/mol. The zero-order chi connectivity index (χ0) is 14.7. The molecule has 0 amide bonds. The Labute approximate surface area is 123 Å². The van der Waals surface area contributed by atoms with Crippen molar-refractivity contribution in [1.29, 1.82) is 0 Å². The lowest BCUT2D eigenvalue weighted by Gasteiger charge is -2.37. The molecule has 0 bridgehead atoms. The van der Waals surface area contributed by atoms with Gasteiger partial charge in [0.15, 0.2) is 0 Å². The highest BCUT2D eigenvalue weighted by Gasteiger charge is 2.30. The number of benzene rings is 1. The first kappa shape index (κ1) is 14.2. The van der Waals surface area contributed by atoms with E-state index in [9.17, 15) is 9.50 Å². The molecule has 1 heterocycles. The van der Waals surface area contributed by atoms with Gasteiger partial charge >= 0.3 is 0 Å². The Morgan fingerprint density at radius 3 is 2.48 bits per heavy atom. The van der Waals surface area contributed by atoms with E-state index in [2.05, 4.69) is 10.3 Å². The molecule has 1 aromatic carbocycles. The molecule has 1 unspecified atom stereocenters. The first-order valence-corrected chi connectivity index (χ1v) is 7.29. The number of aliphatic hydroxyl groups is 1. The molecule has 0 saturated heterocycles. The molecule has 1 fully saturated rings. The maximum absolute atomic E-state index is 12.9. The Morgan fingerprint density at radius 1 is 1.14 bits per heavy atom. The van der Waals surface area contributed by atoms with Gasteiger partial charge in [0.2, 0.25) is 0 Å². The van der Waals surface area contributed by atoms with Crippen LogP contribution in [0.15, 0.2) is 48.8 Å². The summed E-state index contributed by atoms with van der Waals surface area (Å²) >= 11 is 0. The summed E-state index contributed by atoms with van der Waals surface area (Å²) in [5.74, 6) is 0.314. The molecule has 110 valence electrons. The largest absolute Gasteiger partial charge is 0.387 e. The maximum Gasteiger partial charge on any atom is 0.123 e. The summed E-state index contributed by atoms with van der Waals surface area (Å²) in [7, 11) is 0. The van der Waals surface area contributed by atoms with E-state index in [-0.39, 0.29) is 5.82 Å². The van der Waals surface area contributed by atoms with Crippen LogP contribution < -0.4 is 5.32 Å². The average Bonchev–Trinajstić information content (AvgIpc) is 2.48. The molecular formula is C17H19FN2O. The molecule has 3 rings (SSSR count). The second-order valence-corrected chi connectivity index (χ2v) is 5.62. The van der Waals surface area contributed by atoms with Crippen LogP contribution in [0.4, 0.5) is 4.39 Å². The van der Waals surface area contributed by atoms with Gasteiger partial charge in [-0.25, -0.2) is 4.39 Å². The van der Waals surface area contributed by atoms with Crippen molar-refractivity contribution in [3.63, 3.8) is 0 Å². The zero-order valence-electron chi connectivity index (χ0n) is 11.7. The summed E-state index contributed by atoms with van der Waals surface area (Å²) in [6.45, 7) is 0.546. The van der Waals surface area contributed by atoms with Gasteiger partial charge < -0.3 is 10.4 Å². The van der Waals surface area contributed by atoms with Crippen LogP contribution in [0.2, 0.25) is 0 Å². The van der Waals surface area contributed by atoms with Crippen molar-refractivity contribution in [3.05, 3.63) is 65.7 Å². The van der Waals surface area contributed by atoms with Crippen molar-refractivity contribution in [2.75, 3.05) is 6.54 Å². The first-order valence-electron chi connectivity index (χ1n) is 7.29. The zero-order valence-corrected chi connectivity index (χ0v) is 11.7. The Balaban J connectivity index is 1.44. The maximum atomic E-state index is 12.9. The number of nitrogens with zero attached hydrogens (tertiary/aromatic N) is 1. The van der Waals surface area contributed by atoms with E-state index >= 15 is 0 Å². The SMILES string of the molecule is OC(CNC1CC(c2ccc(F)cc2)C1)c1ccncc1. The Kier molecular flexibility index (Phi) is 4.27. The van der Waals surface area contributed by atoms with Crippen molar-refractivity contribution in [1.82, 2.24) is 10.3 Å². The first-order chi connectivity index (χ1) is 10.2. The number of pyridine rings is 1. The third-order valence-electron chi connectivity index (χ3n) is 4.17. The second-order valence-electron chi connectivity index (χ2n) is 5.62. The second kappa shape index (κ2) is 6.33. The molecule has 2 N–H and O–H groups in total.